The van der Waals surface area contributed by atoms with E-state index in [1.807, 2.05) is 30.3 Å². The van der Waals surface area contributed by atoms with Crippen LogP contribution in [-0.2, 0) is 21.2 Å². The van der Waals surface area contributed by atoms with Gasteiger partial charge in [-0.1, -0.05) is 54.6 Å². The Morgan fingerprint density at radius 3 is 2.26 bits per heavy atom. The summed E-state index contributed by atoms with van der Waals surface area (Å²) in [7, 11) is -3.85. The Hall–Kier alpha value is -4.15. The lowest BCUT2D eigenvalue weighted by molar-refractivity contribution is -0.118. The molecule has 0 aliphatic heterocycles. The number of halogens is 1. The van der Waals surface area contributed by atoms with Crippen LogP contribution in [0.2, 0.25) is 0 Å². The van der Waals surface area contributed by atoms with Crippen molar-refractivity contribution in [2.24, 2.45) is 0 Å². The van der Waals surface area contributed by atoms with Gasteiger partial charge in [-0.3, -0.25) is 9.59 Å². The lowest BCUT2D eigenvalue weighted by Crippen LogP contribution is -2.45. The number of sulfonamides is 1. The predicted octanol–water partition coefficient (Wildman–Crippen LogP) is 4.43. The molecule has 2 amide bonds. The van der Waals surface area contributed by atoms with E-state index in [4.69, 9.17) is 0 Å². The molecule has 39 heavy (non-hydrogen) atoms. The van der Waals surface area contributed by atoms with E-state index in [0.717, 1.165) is 17.8 Å². The van der Waals surface area contributed by atoms with Gasteiger partial charge in [0.25, 0.3) is 5.91 Å². The Morgan fingerprint density at radius 2 is 1.59 bits per heavy atom. The Bertz CT molecular complexity index is 1600. The summed E-state index contributed by atoms with van der Waals surface area (Å²) in [6.45, 7) is 5.26. The summed E-state index contributed by atoms with van der Waals surface area (Å²) < 4.78 is 42.1. The molecule has 0 radical (unpaired) electrons. The molecule has 0 saturated heterocycles. The Labute approximate surface area is 226 Å². The van der Waals surface area contributed by atoms with Gasteiger partial charge in [-0.15, -0.1) is 0 Å². The SMILES string of the molecule is CC(C)(C)NS(=O)(=O)c1cccc2c(NC(=O)[C@H](Cc3ccccc3)NC(=O)c3ccc(F)nc3)cccc12. The maximum Gasteiger partial charge on any atom is 0.253 e. The summed E-state index contributed by atoms with van der Waals surface area (Å²) in [5, 5.41) is 6.53. The van der Waals surface area contributed by atoms with Gasteiger partial charge in [0.05, 0.1) is 10.5 Å². The summed E-state index contributed by atoms with van der Waals surface area (Å²) in [4.78, 5) is 30.0. The Kier molecular flexibility index (Phi) is 8.08. The van der Waals surface area contributed by atoms with Crippen LogP contribution >= 0.6 is 0 Å². The van der Waals surface area contributed by atoms with Crippen LogP contribution < -0.4 is 15.4 Å². The first-order valence-electron chi connectivity index (χ1n) is 12.3. The highest BCUT2D eigenvalue weighted by molar-refractivity contribution is 7.89. The summed E-state index contributed by atoms with van der Waals surface area (Å²) in [5.41, 5.74) is 0.625. The molecular weight excluding hydrogens is 519 g/mol. The van der Waals surface area contributed by atoms with Crippen LogP contribution in [0, 0.1) is 5.95 Å². The van der Waals surface area contributed by atoms with Crippen molar-refractivity contribution in [1.82, 2.24) is 15.0 Å². The van der Waals surface area contributed by atoms with Crippen molar-refractivity contribution in [2.75, 3.05) is 5.32 Å². The third-order valence-electron chi connectivity index (χ3n) is 5.76. The van der Waals surface area contributed by atoms with Crippen molar-refractivity contribution in [1.29, 1.82) is 0 Å². The first kappa shape index (κ1) is 27.9. The first-order valence-corrected chi connectivity index (χ1v) is 13.7. The second-order valence-corrected chi connectivity index (χ2v) is 11.7. The van der Waals surface area contributed by atoms with E-state index in [2.05, 4.69) is 20.3 Å². The molecule has 3 N–H and O–H groups in total. The molecule has 0 aliphatic rings. The zero-order valence-corrected chi connectivity index (χ0v) is 22.6. The highest BCUT2D eigenvalue weighted by Crippen LogP contribution is 2.29. The molecule has 0 bridgehead atoms. The van der Waals surface area contributed by atoms with Crippen LogP contribution in [0.25, 0.3) is 10.8 Å². The molecule has 3 aromatic carbocycles. The number of fused-ring (bicyclic) bond motifs is 1. The highest BCUT2D eigenvalue weighted by atomic mass is 32.2. The molecule has 4 rings (SSSR count). The van der Waals surface area contributed by atoms with Gasteiger partial charge in [0.2, 0.25) is 21.9 Å². The minimum atomic E-state index is -3.85. The molecule has 8 nitrogen and oxygen atoms in total. The zero-order valence-electron chi connectivity index (χ0n) is 21.7. The number of carbonyl (C=O) groups is 2. The standard InChI is InChI=1S/C29H29FN4O4S/c1-29(2,3)34-39(37,38)25-14-8-11-21-22(25)12-7-13-23(21)32-28(36)24(17-19-9-5-4-6-10-19)33-27(35)20-15-16-26(30)31-18-20/h4-16,18,24,34H,17H2,1-3H3,(H,32,36)(H,33,35)/t24-/m0/s1. The Morgan fingerprint density at radius 1 is 0.897 bits per heavy atom. The smallest absolute Gasteiger partial charge is 0.253 e. The summed E-state index contributed by atoms with van der Waals surface area (Å²) in [6.07, 6.45) is 1.29. The van der Waals surface area contributed by atoms with E-state index in [1.165, 1.54) is 12.1 Å². The van der Waals surface area contributed by atoms with Crippen LogP contribution in [-0.4, -0.2) is 36.8 Å². The third kappa shape index (κ3) is 7.04. The minimum absolute atomic E-state index is 0.0870. The van der Waals surface area contributed by atoms with Crippen molar-refractivity contribution in [3.63, 3.8) is 0 Å². The van der Waals surface area contributed by atoms with Crippen LogP contribution in [0.3, 0.4) is 0 Å². The maximum atomic E-state index is 13.5. The van der Waals surface area contributed by atoms with Gasteiger partial charge in [-0.05, 0) is 50.6 Å². The van der Waals surface area contributed by atoms with Crippen molar-refractivity contribution < 1.29 is 22.4 Å². The molecule has 4 aromatic rings. The van der Waals surface area contributed by atoms with Gasteiger partial charge in [0.15, 0.2) is 0 Å². The Balaban J connectivity index is 1.65. The monoisotopic (exact) mass is 548 g/mol. The van der Waals surface area contributed by atoms with E-state index in [9.17, 15) is 22.4 Å². The fourth-order valence-electron chi connectivity index (χ4n) is 4.11. The number of carbonyl (C=O) groups excluding carboxylic acids is 2. The minimum Gasteiger partial charge on any atom is -0.340 e. The van der Waals surface area contributed by atoms with Crippen LogP contribution in [0.1, 0.15) is 36.7 Å². The number of benzene rings is 3. The lowest BCUT2D eigenvalue weighted by atomic mass is 10.0. The highest BCUT2D eigenvalue weighted by Gasteiger charge is 2.26. The fraction of sp³-hybridized carbons (Fsp3) is 0.207. The average molecular weight is 549 g/mol. The van der Waals surface area contributed by atoms with Crippen LogP contribution in [0.5, 0.6) is 0 Å². The first-order chi connectivity index (χ1) is 18.4. The van der Waals surface area contributed by atoms with Gasteiger partial charge in [-0.25, -0.2) is 18.1 Å². The molecule has 0 saturated carbocycles. The average Bonchev–Trinajstić information content (AvgIpc) is 2.87. The lowest BCUT2D eigenvalue weighted by Gasteiger charge is -2.22. The van der Waals surface area contributed by atoms with Crippen LogP contribution in [0.15, 0.2) is 90.0 Å². The predicted molar refractivity (Wildman–Crippen MR) is 148 cm³/mol. The molecule has 1 aromatic heterocycles. The van der Waals surface area contributed by atoms with Crippen molar-refractivity contribution >= 4 is 38.3 Å². The molecular formula is C29H29FN4O4S. The van der Waals surface area contributed by atoms with Gasteiger partial charge >= 0.3 is 0 Å². The van der Waals surface area contributed by atoms with Gasteiger partial charge in [0.1, 0.15) is 6.04 Å². The number of rotatable bonds is 8. The molecule has 1 atom stereocenters. The molecule has 0 fully saturated rings. The summed E-state index contributed by atoms with van der Waals surface area (Å²) in [6, 6.07) is 20.4. The molecule has 10 heteroatoms. The second-order valence-electron chi connectivity index (χ2n) is 10.1. The molecule has 202 valence electrons. The summed E-state index contributed by atoms with van der Waals surface area (Å²) >= 11 is 0. The van der Waals surface area contributed by atoms with Gasteiger partial charge in [-0.2, -0.15) is 4.39 Å². The number of anilines is 1. The fourth-order valence-corrected chi connectivity index (χ4v) is 5.75. The van der Waals surface area contributed by atoms with Crippen LogP contribution in [0.4, 0.5) is 10.1 Å². The van der Waals surface area contributed by atoms with E-state index in [-0.39, 0.29) is 16.9 Å². The second kappa shape index (κ2) is 11.3. The number of hydrogen-bond donors (Lipinski definition) is 3. The topological polar surface area (TPSA) is 117 Å². The van der Waals surface area contributed by atoms with Gasteiger partial charge in [0, 0.05) is 34.6 Å². The van der Waals surface area contributed by atoms with E-state index in [1.54, 1.807) is 51.1 Å². The van der Waals surface area contributed by atoms with E-state index in [0.29, 0.717) is 16.5 Å². The van der Waals surface area contributed by atoms with Crippen molar-refractivity contribution in [3.05, 3.63) is 102 Å². The molecule has 1 heterocycles. The van der Waals surface area contributed by atoms with Gasteiger partial charge < -0.3 is 10.6 Å². The number of nitrogens with one attached hydrogen (secondary N) is 3. The molecule has 0 spiro atoms. The molecule has 0 unspecified atom stereocenters. The maximum absolute atomic E-state index is 13.5. The quantitative estimate of drug-likeness (QED) is 0.282. The number of amides is 2. The summed E-state index contributed by atoms with van der Waals surface area (Å²) in [5.74, 6) is -1.81. The molecule has 0 aliphatic carbocycles. The van der Waals surface area contributed by atoms with E-state index >= 15 is 0 Å². The van der Waals surface area contributed by atoms with Crippen molar-refractivity contribution in [3.8, 4) is 0 Å². The number of nitrogens with zero attached hydrogens (tertiary/aromatic N) is 1. The number of hydrogen-bond acceptors (Lipinski definition) is 5. The van der Waals surface area contributed by atoms with Crippen molar-refractivity contribution in [2.45, 2.75) is 43.7 Å². The largest absolute Gasteiger partial charge is 0.340 e. The number of pyridine rings is 1. The number of aromatic nitrogens is 1. The normalized spacial score (nSPS) is 12.6. The van der Waals surface area contributed by atoms with E-state index < -0.39 is 39.4 Å². The third-order valence-corrected chi connectivity index (χ3v) is 7.58. The zero-order chi connectivity index (χ0) is 28.2.